The maximum absolute atomic E-state index is 12.9. The summed E-state index contributed by atoms with van der Waals surface area (Å²) in [4.78, 5) is 3.79. The summed E-state index contributed by atoms with van der Waals surface area (Å²) in [5, 5.41) is 4.19. The zero-order valence-electron chi connectivity index (χ0n) is 9.84. The molecule has 1 aromatic heterocycles. The SMILES string of the molecule is CS(=O)(=O)Nc1ncn(Cc2ccc(F)cc2Cl)n1. The molecular weight excluding hydrogens is 295 g/mol. The van der Waals surface area contributed by atoms with Crippen LogP contribution < -0.4 is 4.72 Å². The van der Waals surface area contributed by atoms with Crippen LogP contribution in [0.15, 0.2) is 24.5 Å². The summed E-state index contributed by atoms with van der Waals surface area (Å²) in [6, 6.07) is 4.01. The van der Waals surface area contributed by atoms with Gasteiger partial charge in [0.05, 0.1) is 12.8 Å². The summed E-state index contributed by atoms with van der Waals surface area (Å²) in [7, 11) is -3.41. The van der Waals surface area contributed by atoms with Crippen LogP contribution in [-0.2, 0) is 16.6 Å². The Kier molecular flexibility index (Phi) is 3.72. The lowest BCUT2D eigenvalue weighted by atomic mass is 10.2. The van der Waals surface area contributed by atoms with Crippen LogP contribution >= 0.6 is 11.6 Å². The number of nitrogens with zero attached hydrogens (tertiary/aromatic N) is 3. The van der Waals surface area contributed by atoms with Gasteiger partial charge in [-0.1, -0.05) is 17.7 Å². The molecule has 2 aromatic rings. The zero-order valence-corrected chi connectivity index (χ0v) is 11.4. The highest BCUT2D eigenvalue weighted by atomic mass is 35.5. The molecule has 1 heterocycles. The standard InChI is InChI=1S/C10H10ClFN4O2S/c1-19(17,18)15-10-13-6-16(14-10)5-7-2-3-8(12)4-9(7)11/h2-4,6H,5H2,1H3,(H,14,15). The summed E-state index contributed by atoms with van der Waals surface area (Å²) in [5.74, 6) is -0.451. The molecule has 9 heteroatoms. The highest BCUT2D eigenvalue weighted by molar-refractivity contribution is 7.91. The Morgan fingerprint density at radius 3 is 2.84 bits per heavy atom. The van der Waals surface area contributed by atoms with E-state index in [2.05, 4.69) is 14.8 Å². The highest BCUT2D eigenvalue weighted by Crippen LogP contribution is 2.18. The smallest absolute Gasteiger partial charge is 0.250 e. The third kappa shape index (κ3) is 3.90. The zero-order chi connectivity index (χ0) is 14.0. The molecule has 0 aliphatic heterocycles. The molecule has 102 valence electrons. The molecule has 0 radical (unpaired) electrons. The first kappa shape index (κ1) is 13.8. The Bertz CT molecular complexity index is 701. The van der Waals surface area contributed by atoms with Crippen molar-refractivity contribution in [1.29, 1.82) is 0 Å². The van der Waals surface area contributed by atoms with Crippen LogP contribution in [0.2, 0.25) is 5.02 Å². The Hall–Kier alpha value is -1.67. The number of benzene rings is 1. The fourth-order valence-corrected chi connectivity index (χ4v) is 2.06. The number of anilines is 1. The topological polar surface area (TPSA) is 76.9 Å². The average Bonchev–Trinajstić information content (AvgIpc) is 2.67. The van der Waals surface area contributed by atoms with E-state index in [4.69, 9.17) is 11.6 Å². The number of nitrogens with one attached hydrogen (secondary N) is 1. The van der Waals surface area contributed by atoms with Crippen molar-refractivity contribution in [1.82, 2.24) is 14.8 Å². The van der Waals surface area contributed by atoms with Crippen LogP contribution in [0.1, 0.15) is 5.56 Å². The van der Waals surface area contributed by atoms with E-state index in [1.807, 2.05) is 0 Å². The molecule has 2 rings (SSSR count). The van der Waals surface area contributed by atoms with Gasteiger partial charge in [-0.15, -0.1) is 5.10 Å². The van der Waals surface area contributed by atoms with E-state index in [1.165, 1.54) is 29.2 Å². The van der Waals surface area contributed by atoms with Crippen molar-refractivity contribution < 1.29 is 12.8 Å². The summed E-state index contributed by atoms with van der Waals surface area (Å²) < 4.78 is 38.4. The van der Waals surface area contributed by atoms with Gasteiger partial charge in [0.1, 0.15) is 12.1 Å². The van der Waals surface area contributed by atoms with Crippen molar-refractivity contribution >= 4 is 27.6 Å². The average molecular weight is 305 g/mol. The van der Waals surface area contributed by atoms with Crippen LogP contribution in [0.3, 0.4) is 0 Å². The Morgan fingerprint density at radius 1 is 1.47 bits per heavy atom. The number of hydrogen-bond donors (Lipinski definition) is 1. The lowest BCUT2D eigenvalue weighted by Crippen LogP contribution is -2.11. The lowest BCUT2D eigenvalue weighted by molar-refractivity contribution is 0.606. The molecule has 0 fully saturated rings. The second-order valence-electron chi connectivity index (χ2n) is 3.88. The number of rotatable bonds is 4. The summed E-state index contributed by atoms with van der Waals surface area (Å²) in [6.45, 7) is 0.261. The van der Waals surface area contributed by atoms with Crippen LogP contribution in [0.4, 0.5) is 10.3 Å². The highest BCUT2D eigenvalue weighted by Gasteiger charge is 2.08. The quantitative estimate of drug-likeness (QED) is 0.928. The van der Waals surface area contributed by atoms with Crippen LogP contribution in [0.5, 0.6) is 0 Å². The van der Waals surface area contributed by atoms with Gasteiger partial charge in [0.2, 0.25) is 10.0 Å². The summed E-state index contributed by atoms with van der Waals surface area (Å²) >= 11 is 5.88. The minimum absolute atomic E-state index is 0.0271. The molecule has 1 N–H and O–H groups in total. The van der Waals surface area contributed by atoms with E-state index in [0.29, 0.717) is 5.56 Å². The molecule has 0 unspecified atom stereocenters. The fraction of sp³-hybridized carbons (Fsp3) is 0.200. The van der Waals surface area contributed by atoms with Gasteiger partial charge >= 0.3 is 0 Å². The molecule has 0 saturated carbocycles. The summed E-state index contributed by atoms with van der Waals surface area (Å²) in [5.41, 5.74) is 0.652. The monoisotopic (exact) mass is 304 g/mol. The molecule has 0 aliphatic rings. The van der Waals surface area contributed by atoms with Crippen LogP contribution in [0.25, 0.3) is 0 Å². The van der Waals surface area contributed by atoms with Crippen molar-refractivity contribution in [2.24, 2.45) is 0 Å². The summed E-state index contributed by atoms with van der Waals surface area (Å²) in [6.07, 6.45) is 2.36. The van der Waals surface area contributed by atoms with Gasteiger partial charge in [-0.05, 0) is 17.7 Å². The number of hydrogen-bond acceptors (Lipinski definition) is 4. The van der Waals surface area contributed by atoms with Crippen LogP contribution in [0, 0.1) is 5.82 Å². The molecule has 0 aliphatic carbocycles. The van der Waals surface area contributed by atoms with Gasteiger partial charge in [-0.25, -0.2) is 17.5 Å². The number of sulfonamides is 1. The van der Waals surface area contributed by atoms with Gasteiger partial charge in [0, 0.05) is 5.02 Å². The van der Waals surface area contributed by atoms with Gasteiger partial charge in [0.25, 0.3) is 5.95 Å². The van der Waals surface area contributed by atoms with Crippen molar-refractivity contribution in [3.8, 4) is 0 Å². The van der Waals surface area contributed by atoms with Gasteiger partial charge in [-0.2, -0.15) is 4.98 Å². The van der Waals surface area contributed by atoms with E-state index < -0.39 is 15.8 Å². The fourth-order valence-electron chi connectivity index (χ4n) is 1.41. The third-order valence-electron chi connectivity index (χ3n) is 2.16. The molecule has 19 heavy (non-hydrogen) atoms. The molecule has 0 saturated heterocycles. The van der Waals surface area contributed by atoms with Crippen molar-refractivity contribution in [2.45, 2.75) is 6.54 Å². The molecule has 1 aromatic carbocycles. The Morgan fingerprint density at radius 2 is 2.21 bits per heavy atom. The van der Waals surface area contributed by atoms with E-state index in [-0.39, 0.29) is 17.5 Å². The van der Waals surface area contributed by atoms with E-state index in [9.17, 15) is 12.8 Å². The second kappa shape index (κ2) is 5.14. The van der Waals surface area contributed by atoms with Crippen molar-refractivity contribution in [2.75, 3.05) is 11.0 Å². The lowest BCUT2D eigenvalue weighted by Gasteiger charge is -2.03. The largest absolute Gasteiger partial charge is 0.255 e. The first-order valence-electron chi connectivity index (χ1n) is 5.15. The molecule has 0 amide bonds. The van der Waals surface area contributed by atoms with E-state index in [0.717, 1.165) is 6.26 Å². The Labute approximate surface area is 114 Å². The number of halogens is 2. The minimum Gasteiger partial charge on any atom is -0.250 e. The van der Waals surface area contributed by atoms with Gasteiger partial charge in [-0.3, -0.25) is 4.72 Å². The normalized spacial score (nSPS) is 11.5. The molecule has 0 atom stereocenters. The van der Waals surface area contributed by atoms with E-state index >= 15 is 0 Å². The van der Waals surface area contributed by atoms with E-state index in [1.54, 1.807) is 0 Å². The number of aromatic nitrogens is 3. The second-order valence-corrected chi connectivity index (χ2v) is 6.03. The molecule has 0 spiro atoms. The molecule has 6 nitrogen and oxygen atoms in total. The first-order chi connectivity index (χ1) is 8.83. The maximum atomic E-state index is 12.9. The van der Waals surface area contributed by atoms with Crippen LogP contribution in [-0.4, -0.2) is 29.4 Å². The first-order valence-corrected chi connectivity index (χ1v) is 7.41. The molecular formula is C10H10ClFN4O2S. The predicted octanol–water partition coefficient (Wildman–Crippen LogP) is 1.49. The predicted molar refractivity (Wildman–Crippen MR) is 69.0 cm³/mol. The van der Waals surface area contributed by atoms with Crippen molar-refractivity contribution in [3.05, 3.63) is 40.9 Å². The maximum Gasteiger partial charge on any atom is 0.255 e. The Balaban J connectivity index is 2.16. The molecule has 0 bridgehead atoms. The minimum atomic E-state index is -3.41. The van der Waals surface area contributed by atoms with Crippen molar-refractivity contribution in [3.63, 3.8) is 0 Å². The third-order valence-corrected chi connectivity index (χ3v) is 3.07. The van der Waals surface area contributed by atoms with Gasteiger partial charge in [0.15, 0.2) is 0 Å². The van der Waals surface area contributed by atoms with Gasteiger partial charge < -0.3 is 0 Å².